The number of guanidine groups is 1. The minimum absolute atomic E-state index is 0.0641. The van der Waals surface area contributed by atoms with Crippen molar-refractivity contribution in [3.05, 3.63) is 65.7 Å². The van der Waals surface area contributed by atoms with E-state index in [1.807, 2.05) is 68.4 Å². The molecule has 2 rings (SSSR count). The monoisotopic (exact) mass is 385 g/mol. The number of hydrogen-bond acceptors (Lipinski definition) is 4. The number of aliphatic hydroxyl groups is 1. The van der Waals surface area contributed by atoms with Crippen molar-refractivity contribution in [1.29, 1.82) is 0 Å². The fourth-order valence-corrected chi connectivity index (χ4v) is 2.63. The molecule has 0 aromatic heterocycles. The summed E-state index contributed by atoms with van der Waals surface area (Å²) in [5.41, 5.74) is 2.15. The fourth-order valence-electron chi connectivity index (χ4n) is 2.63. The normalized spacial score (nSPS) is 13.6. The summed E-state index contributed by atoms with van der Waals surface area (Å²) in [6.07, 6.45) is -0.697. The quantitative estimate of drug-likeness (QED) is 0.433. The molecule has 0 bridgehead atoms. The highest BCUT2D eigenvalue weighted by molar-refractivity contribution is 5.79. The third kappa shape index (κ3) is 7.58. The molecule has 0 heterocycles. The number of aliphatic hydroxyl groups excluding tert-OH is 1. The van der Waals surface area contributed by atoms with Gasteiger partial charge in [-0.15, -0.1) is 0 Å². The first-order valence-electron chi connectivity index (χ1n) is 9.62. The van der Waals surface area contributed by atoms with E-state index >= 15 is 0 Å². The Morgan fingerprint density at radius 1 is 1.11 bits per heavy atom. The number of nitrogens with zero attached hydrogens (tertiary/aromatic N) is 1. The molecule has 0 fully saturated rings. The number of rotatable bonds is 10. The third-order valence-corrected chi connectivity index (χ3v) is 4.21. The average molecular weight is 386 g/mol. The van der Waals surface area contributed by atoms with E-state index in [2.05, 4.69) is 15.6 Å². The maximum absolute atomic E-state index is 10.2. The van der Waals surface area contributed by atoms with Gasteiger partial charge in [-0.05, 0) is 37.1 Å². The third-order valence-electron chi connectivity index (χ3n) is 4.21. The van der Waals surface area contributed by atoms with E-state index in [9.17, 15) is 5.11 Å². The molecule has 2 aromatic carbocycles. The molecule has 2 atom stereocenters. The van der Waals surface area contributed by atoms with Gasteiger partial charge in [-0.1, -0.05) is 42.5 Å². The van der Waals surface area contributed by atoms with Crippen molar-refractivity contribution in [2.45, 2.75) is 32.6 Å². The number of hydrogen-bond donors (Lipinski definition) is 3. The zero-order chi connectivity index (χ0) is 20.2. The molecule has 3 N–H and O–H groups in total. The first-order valence-corrected chi connectivity index (χ1v) is 9.62. The Labute approximate surface area is 167 Å². The van der Waals surface area contributed by atoms with Gasteiger partial charge in [-0.25, -0.2) is 4.99 Å². The van der Waals surface area contributed by atoms with Gasteiger partial charge in [0.1, 0.15) is 5.75 Å². The van der Waals surface area contributed by atoms with Gasteiger partial charge in [0, 0.05) is 13.1 Å². The lowest BCUT2D eigenvalue weighted by Gasteiger charge is -2.18. The molecule has 0 saturated heterocycles. The van der Waals surface area contributed by atoms with E-state index in [1.165, 1.54) is 0 Å². The van der Waals surface area contributed by atoms with Gasteiger partial charge < -0.3 is 25.2 Å². The summed E-state index contributed by atoms with van der Waals surface area (Å²) in [7, 11) is 1.65. The van der Waals surface area contributed by atoms with Crippen LogP contribution in [0.4, 0.5) is 0 Å². The van der Waals surface area contributed by atoms with Crippen LogP contribution >= 0.6 is 0 Å². The van der Waals surface area contributed by atoms with Gasteiger partial charge in [0.05, 0.1) is 32.5 Å². The maximum atomic E-state index is 10.2. The number of aliphatic imine (C=N–C) groups is 1. The molecule has 0 aliphatic carbocycles. The molecular weight excluding hydrogens is 354 g/mol. The molecule has 0 radical (unpaired) electrons. The van der Waals surface area contributed by atoms with Gasteiger partial charge in [-0.2, -0.15) is 0 Å². The summed E-state index contributed by atoms with van der Waals surface area (Å²) in [4.78, 5) is 4.56. The summed E-state index contributed by atoms with van der Waals surface area (Å²) in [6, 6.07) is 17.8. The van der Waals surface area contributed by atoms with Crippen molar-refractivity contribution in [2.75, 3.05) is 26.8 Å². The predicted molar refractivity (Wildman–Crippen MR) is 113 cm³/mol. The topological polar surface area (TPSA) is 75.1 Å². The SMILES string of the molecule is CCNC(=NCc1cccc(OC)c1)NCC(O)COC(C)c1ccccc1. The van der Waals surface area contributed by atoms with Crippen molar-refractivity contribution >= 4 is 5.96 Å². The van der Waals surface area contributed by atoms with E-state index in [4.69, 9.17) is 9.47 Å². The van der Waals surface area contributed by atoms with Crippen LogP contribution in [0.3, 0.4) is 0 Å². The molecule has 0 aliphatic heterocycles. The average Bonchev–Trinajstić information content (AvgIpc) is 2.74. The van der Waals surface area contributed by atoms with Crippen LogP contribution in [0.25, 0.3) is 0 Å². The first kappa shape index (κ1) is 21.7. The van der Waals surface area contributed by atoms with Crippen LogP contribution in [0.2, 0.25) is 0 Å². The molecule has 0 saturated carbocycles. The van der Waals surface area contributed by atoms with E-state index in [0.717, 1.165) is 23.4 Å². The van der Waals surface area contributed by atoms with Crippen LogP contribution in [0.15, 0.2) is 59.6 Å². The molecule has 0 amide bonds. The van der Waals surface area contributed by atoms with Crippen molar-refractivity contribution in [3.63, 3.8) is 0 Å². The van der Waals surface area contributed by atoms with Gasteiger partial charge in [0.2, 0.25) is 0 Å². The number of ether oxygens (including phenoxy) is 2. The van der Waals surface area contributed by atoms with E-state index in [1.54, 1.807) is 7.11 Å². The van der Waals surface area contributed by atoms with Crippen molar-refractivity contribution in [2.24, 2.45) is 4.99 Å². The van der Waals surface area contributed by atoms with E-state index < -0.39 is 6.10 Å². The molecule has 152 valence electrons. The first-order chi connectivity index (χ1) is 13.6. The Hall–Kier alpha value is -2.57. The summed E-state index contributed by atoms with van der Waals surface area (Å²) < 4.78 is 11.0. The predicted octanol–water partition coefficient (Wildman–Crippen LogP) is 2.89. The second-order valence-corrected chi connectivity index (χ2v) is 6.47. The minimum atomic E-state index is -0.633. The van der Waals surface area contributed by atoms with E-state index in [-0.39, 0.29) is 12.7 Å². The summed E-state index contributed by atoms with van der Waals surface area (Å²) in [5, 5.41) is 16.6. The second-order valence-electron chi connectivity index (χ2n) is 6.47. The number of benzene rings is 2. The van der Waals surface area contributed by atoms with Crippen LogP contribution in [-0.2, 0) is 11.3 Å². The Kier molecular flexibility index (Phi) is 9.31. The summed E-state index contributed by atoms with van der Waals surface area (Å²) >= 11 is 0. The van der Waals surface area contributed by atoms with Crippen molar-refractivity contribution < 1.29 is 14.6 Å². The lowest BCUT2D eigenvalue weighted by Crippen LogP contribution is -2.42. The summed E-state index contributed by atoms with van der Waals surface area (Å²) in [6.45, 7) is 5.84. The number of nitrogens with one attached hydrogen (secondary N) is 2. The molecular formula is C22H31N3O3. The highest BCUT2D eigenvalue weighted by Gasteiger charge is 2.10. The molecule has 28 heavy (non-hydrogen) atoms. The van der Waals surface area contributed by atoms with Crippen LogP contribution in [0, 0.1) is 0 Å². The highest BCUT2D eigenvalue weighted by Crippen LogP contribution is 2.16. The molecule has 6 nitrogen and oxygen atoms in total. The smallest absolute Gasteiger partial charge is 0.191 e. The minimum Gasteiger partial charge on any atom is -0.497 e. The highest BCUT2D eigenvalue weighted by atomic mass is 16.5. The van der Waals surface area contributed by atoms with Crippen LogP contribution in [0.1, 0.15) is 31.1 Å². The lowest BCUT2D eigenvalue weighted by atomic mass is 10.1. The van der Waals surface area contributed by atoms with Gasteiger partial charge in [0.25, 0.3) is 0 Å². The van der Waals surface area contributed by atoms with Crippen molar-refractivity contribution in [3.8, 4) is 5.75 Å². The standard InChI is InChI=1S/C22H31N3O3/c1-4-23-22(24-14-18-9-8-12-21(13-18)27-3)25-15-20(26)16-28-17(2)19-10-6-5-7-11-19/h5-13,17,20,26H,4,14-16H2,1-3H3,(H2,23,24,25). The Bertz CT molecular complexity index is 722. The molecule has 0 aliphatic rings. The zero-order valence-electron chi connectivity index (χ0n) is 16.9. The molecule has 2 unspecified atom stereocenters. The van der Waals surface area contributed by atoms with Crippen LogP contribution < -0.4 is 15.4 Å². The summed E-state index contributed by atoms with van der Waals surface area (Å²) in [5.74, 6) is 1.46. The zero-order valence-corrected chi connectivity index (χ0v) is 16.9. The lowest BCUT2D eigenvalue weighted by molar-refractivity contribution is -0.000599. The maximum Gasteiger partial charge on any atom is 0.191 e. The van der Waals surface area contributed by atoms with Crippen LogP contribution in [-0.4, -0.2) is 44.0 Å². The van der Waals surface area contributed by atoms with Gasteiger partial charge in [0.15, 0.2) is 5.96 Å². The molecule has 0 spiro atoms. The van der Waals surface area contributed by atoms with Gasteiger partial charge in [-0.3, -0.25) is 0 Å². The Morgan fingerprint density at radius 2 is 1.89 bits per heavy atom. The largest absolute Gasteiger partial charge is 0.497 e. The van der Waals surface area contributed by atoms with Crippen LogP contribution in [0.5, 0.6) is 5.75 Å². The Balaban J connectivity index is 1.80. The number of methoxy groups -OCH3 is 1. The van der Waals surface area contributed by atoms with Gasteiger partial charge >= 0.3 is 0 Å². The fraction of sp³-hybridized carbons (Fsp3) is 0.409. The molecule has 2 aromatic rings. The second kappa shape index (κ2) is 12.0. The molecule has 6 heteroatoms. The van der Waals surface area contributed by atoms with Crippen molar-refractivity contribution in [1.82, 2.24) is 10.6 Å². The Morgan fingerprint density at radius 3 is 2.61 bits per heavy atom. The van der Waals surface area contributed by atoms with E-state index in [0.29, 0.717) is 19.0 Å².